The molecule has 0 bridgehead atoms. The lowest BCUT2D eigenvalue weighted by Crippen LogP contribution is -2.43. The lowest BCUT2D eigenvalue weighted by molar-refractivity contribution is -0.132. The second-order valence-electron chi connectivity index (χ2n) is 12.1. The predicted octanol–water partition coefficient (Wildman–Crippen LogP) is 7.13. The maximum absolute atomic E-state index is 14.4. The zero-order chi connectivity index (χ0) is 31.8. The van der Waals surface area contributed by atoms with Gasteiger partial charge >= 0.3 is 0 Å². The highest BCUT2D eigenvalue weighted by Crippen LogP contribution is 2.48. The van der Waals surface area contributed by atoms with Crippen LogP contribution in [0.2, 0.25) is 10.0 Å². The van der Waals surface area contributed by atoms with E-state index in [1.54, 1.807) is 6.07 Å². The van der Waals surface area contributed by atoms with Crippen LogP contribution in [0.25, 0.3) is 11.1 Å². The molecule has 10 heteroatoms. The highest BCUT2D eigenvalue weighted by Gasteiger charge is 2.41. The molecule has 1 saturated heterocycles. The molecular formula is C36H34Cl2N4O3S. The number of amides is 1. The van der Waals surface area contributed by atoms with Crippen molar-refractivity contribution in [1.82, 2.24) is 10.2 Å². The molecule has 0 radical (unpaired) electrons. The Labute approximate surface area is 279 Å². The fourth-order valence-corrected chi connectivity index (χ4v) is 8.90. The molecule has 4 aromatic carbocycles. The molecule has 7 rings (SSSR count). The second kappa shape index (κ2) is 12.7. The molecule has 1 N–H and O–H groups in total. The molecule has 0 spiro atoms. The average Bonchev–Trinajstić information content (AvgIpc) is 3.62. The first-order chi connectivity index (χ1) is 22.3. The zero-order valence-corrected chi connectivity index (χ0v) is 27.5. The molecule has 0 aliphatic carbocycles. The number of amidine groups is 1. The molecule has 1 amide bonds. The van der Waals surface area contributed by atoms with Gasteiger partial charge in [-0.05, 0) is 66.1 Å². The summed E-state index contributed by atoms with van der Waals surface area (Å²) < 4.78 is 30.2. The lowest BCUT2D eigenvalue weighted by atomic mass is 9.87. The molecule has 7 nitrogen and oxygen atoms in total. The van der Waals surface area contributed by atoms with Gasteiger partial charge in [0.15, 0.2) is 0 Å². The molecule has 4 aromatic rings. The molecule has 3 aliphatic rings. The molecule has 236 valence electrons. The molecule has 46 heavy (non-hydrogen) atoms. The average molecular weight is 674 g/mol. The quantitative estimate of drug-likeness (QED) is 0.226. The third-order valence-corrected chi connectivity index (χ3v) is 11.8. The third kappa shape index (κ3) is 5.90. The van der Waals surface area contributed by atoms with E-state index in [-0.39, 0.29) is 27.3 Å². The summed E-state index contributed by atoms with van der Waals surface area (Å²) in [7, 11) is -4.13. The Morgan fingerprint density at radius 3 is 2.30 bits per heavy atom. The van der Waals surface area contributed by atoms with Gasteiger partial charge in [0.2, 0.25) is 5.91 Å². The van der Waals surface area contributed by atoms with Crippen LogP contribution in [0.1, 0.15) is 42.0 Å². The molecular weight excluding hydrogens is 639 g/mol. The Morgan fingerprint density at radius 2 is 1.59 bits per heavy atom. The van der Waals surface area contributed by atoms with Crippen LogP contribution in [0.5, 0.6) is 0 Å². The van der Waals surface area contributed by atoms with Crippen LogP contribution in [0, 0.1) is 5.92 Å². The highest BCUT2D eigenvalue weighted by atomic mass is 35.5. The monoisotopic (exact) mass is 672 g/mol. The first-order valence-corrected chi connectivity index (χ1v) is 17.8. The number of sulfonamides is 1. The van der Waals surface area contributed by atoms with E-state index in [1.807, 2.05) is 47.4 Å². The van der Waals surface area contributed by atoms with Crippen molar-refractivity contribution in [2.24, 2.45) is 10.9 Å². The number of piperidine rings is 1. The van der Waals surface area contributed by atoms with Crippen LogP contribution in [-0.2, 0) is 21.2 Å². The number of halogens is 2. The number of likely N-dealkylation sites (tertiary alicyclic amines) is 1. The summed E-state index contributed by atoms with van der Waals surface area (Å²) in [6, 6.07) is 27.4. The summed E-state index contributed by atoms with van der Waals surface area (Å²) in [6.07, 6.45) is 2.79. The summed E-state index contributed by atoms with van der Waals surface area (Å²) in [5, 5.41) is 3.74. The van der Waals surface area contributed by atoms with Gasteiger partial charge in [-0.15, -0.1) is 0 Å². The zero-order valence-electron chi connectivity index (χ0n) is 25.2. The Bertz CT molecular complexity index is 1920. The minimum absolute atomic E-state index is 0.0230. The first kappa shape index (κ1) is 30.8. The van der Waals surface area contributed by atoms with Crippen LogP contribution in [0.15, 0.2) is 101 Å². The number of fused-ring (bicyclic) bond motifs is 3. The molecule has 0 saturated carbocycles. The Kier molecular flexibility index (Phi) is 8.53. The van der Waals surface area contributed by atoms with Crippen molar-refractivity contribution in [3.05, 3.63) is 118 Å². The smallest absolute Gasteiger partial charge is 0.264 e. The maximum Gasteiger partial charge on any atom is 0.264 e. The van der Waals surface area contributed by atoms with Crippen molar-refractivity contribution in [3.63, 3.8) is 0 Å². The molecule has 0 aromatic heterocycles. The summed E-state index contributed by atoms with van der Waals surface area (Å²) in [5.74, 6) is 1.39. The molecule has 1 unspecified atom stereocenters. The molecule has 3 heterocycles. The third-order valence-electron chi connectivity index (χ3n) is 9.24. The van der Waals surface area contributed by atoms with Gasteiger partial charge in [-0.1, -0.05) is 89.9 Å². The standard InChI is InChI=1S/C36H34Cl2N4O3S/c37-31-14-13-27(22-32(31)38)46(44,45)42-33-8-4-3-6-29(33)28-5-1-2-7-30(28)34(42)23-35(43)41-19-15-25(16-20-41)21-24-9-11-26(12-10-24)36-39-17-18-40-36/h1-14,22,25,34H,15-21,23H2,(H,39,40). The highest BCUT2D eigenvalue weighted by molar-refractivity contribution is 7.92. The number of hydrogen-bond donors (Lipinski definition) is 1. The van der Waals surface area contributed by atoms with Crippen LogP contribution < -0.4 is 9.62 Å². The summed E-state index contributed by atoms with van der Waals surface area (Å²) >= 11 is 12.4. The van der Waals surface area contributed by atoms with Gasteiger partial charge < -0.3 is 10.2 Å². The van der Waals surface area contributed by atoms with E-state index in [9.17, 15) is 13.2 Å². The van der Waals surface area contributed by atoms with Gasteiger partial charge in [0.25, 0.3) is 10.0 Å². The van der Waals surface area contributed by atoms with E-state index < -0.39 is 16.1 Å². The van der Waals surface area contributed by atoms with E-state index in [2.05, 4.69) is 34.6 Å². The maximum atomic E-state index is 14.4. The van der Waals surface area contributed by atoms with Gasteiger partial charge in [0.1, 0.15) is 5.84 Å². The summed E-state index contributed by atoms with van der Waals surface area (Å²) in [4.78, 5) is 20.4. The number of nitrogens with zero attached hydrogens (tertiary/aromatic N) is 3. The van der Waals surface area contributed by atoms with Crippen molar-refractivity contribution in [3.8, 4) is 11.1 Å². The first-order valence-electron chi connectivity index (χ1n) is 15.6. The predicted molar refractivity (Wildman–Crippen MR) is 184 cm³/mol. The van der Waals surface area contributed by atoms with E-state index in [0.29, 0.717) is 24.7 Å². The van der Waals surface area contributed by atoms with E-state index in [0.717, 1.165) is 60.4 Å². The van der Waals surface area contributed by atoms with Crippen molar-refractivity contribution < 1.29 is 13.2 Å². The SMILES string of the molecule is O=C(CC1c2ccccc2-c2ccccc2N1S(=O)(=O)c1ccc(Cl)c(Cl)c1)N1CCC(Cc2ccc(C3=NCCN3)cc2)CC1. The molecule has 1 fully saturated rings. The number of hydrogen-bond acceptors (Lipinski definition) is 5. The number of benzene rings is 4. The number of carbonyl (C=O) groups excluding carboxylic acids is 1. The molecule has 1 atom stereocenters. The van der Waals surface area contributed by atoms with Gasteiger partial charge in [0.05, 0.1) is 39.6 Å². The fraction of sp³-hybridized carbons (Fsp3) is 0.278. The van der Waals surface area contributed by atoms with E-state index in [4.69, 9.17) is 23.2 Å². The topological polar surface area (TPSA) is 82.1 Å². The van der Waals surface area contributed by atoms with Crippen LogP contribution in [0.4, 0.5) is 5.69 Å². The minimum Gasteiger partial charge on any atom is -0.368 e. The number of aliphatic imine (C=N–C) groups is 1. The number of nitrogens with one attached hydrogen (secondary N) is 1. The minimum atomic E-state index is -4.13. The van der Waals surface area contributed by atoms with Crippen LogP contribution in [0.3, 0.4) is 0 Å². The van der Waals surface area contributed by atoms with Crippen LogP contribution in [-0.4, -0.2) is 51.2 Å². The van der Waals surface area contributed by atoms with Gasteiger partial charge in [-0.2, -0.15) is 0 Å². The number of rotatable bonds is 7. The van der Waals surface area contributed by atoms with Crippen molar-refractivity contribution in [2.75, 3.05) is 30.5 Å². The fourth-order valence-electron chi connectivity index (χ4n) is 6.87. The van der Waals surface area contributed by atoms with Crippen LogP contribution >= 0.6 is 23.2 Å². The van der Waals surface area contributed by atoms with Crippen molar-refractivity contribution >= 4 is 50.7 Å². The molecule has 3 aliphatic heterocycles. The summed E-state index contributed by atoms with van der Waals surface area (Å²) in [6.45, 7) is 3.00. The Hall–Kier alpha value is -3.85. The van der Waals surface area contributed by atoms with Gasteiger partial charge in [-0.25, -0.2) is 8.42 Å². The Balaban J connectivity index is 1.11. The summed E-state index contributed by atoms with van der Waals surface area (Å²) in [5.41, 5.74) is 5.46. The Morgan fingerprint density at radius 1 is 0.870 bits per heavy atom. The van der Waals surface area contributed by atoms with E-state index >= 15 is 0 Å². The van der Waals surface area contributed by atoms with Crippen molar-refractivity contribution in [1.29, 1.82) is 0 Å². The largest absolute Gasteiger partial charge is 0.368 e. The lowest BCUT2D eigenvalue weighted by Gasteiger charge is -2.40. The van der Waals surface area contributed by atoms with Gasteiger partial charge in [-0.3, -0.25) is 14.1 Å². The normalized spacial score (nSPS) is 18.0. The number of carbonyl (C=O) groups is 1. The van der Waals surface area contributed by atoms with Gasteiger partial charge in [0, 0.05) is 30.8 Å². The second-order valence-corrected chi connectivity index (χ2v) is 14.7. The van der Waals surface area contributed by atoms with Crippen molar-refractivity contribution in [2.45, 2.75) is 36.6 Å². The number of anilines is 1. The number of para-hydroxylation sites is 1. The van der Waals surface area contributed by atoms with E-state index in [1.165, 1.54) is 28.1 Å².